The maximum absolute atomic E-state index is 2.34. The summed E-state index contributed by atoms with van der Waals surface area (Å²) in [5.74, 6) is 0.473. The summed E-state index contributed by atoms with van der Waals surface area (Å²) in [6.45, 7) is 3.21. The van der Waals surface area contributed by atoms with Crippen molar-refractivity contribution in [2.45, 2.75) is 25.7 Å². The van der Waals surface area contributed by atoms with Crippen LogP contribution in [0.4, 0.5) is 0 Å². The highest BCUT2D eigenvalue weighted by Crippen LogP contribution is 2.23. The smallest absolute Gasteiger partial charge is 0.0140 e. The first kappa shape index (κ1) is 15.4. The molecule has 0 fully saturated rings. The molecule has 1 unspecified atom stereocenters. The van der Waals surface area contributed by atoms with Gasteiger partial charge in [0, 0.05) is 19.5 Å². The maximum Gasteiger partial charge on any atom is 0.0140 e. The maximum atomic E-state index is 2.34. The first-order valence-electron chi connectivity index (χ1n) is 7.77. The normalized spacial score (nSPS) is 12.5. The van der Waals surface area contributed by atoms with Crippen LogP contribution in [0.5, 0.6) is 0 Å². The van der Waals surface area contributed by atoms with E-state index in [2.05, 4.69) is 91.8 Å². The van der Waals surface area contributed by atoms with Crippen molar-refractivity contribution in [3.05, 3.63) is 84.1 Å². The van der Waals surface area contributed by atoms with Crippen molar-refractivity contribution in [3.8, 4) is 0 Å². The van der Waals surface area contributed by atoms with Crippen molar-refractivity contribution in [3.63, 3.8) is 0 Å². The highest BCUT2D eigenvalue weighted by atomic mass is 15.1. The lowest BCUT2D eigenvalue weighted by Gasteiger charge is -2.16. The van der Waals surface area contributed by atoms with Crippen LogP contribution >= 0.6 is 0 Å². The van der Waals surface area contributed by atoms with E-state index < -0.39 is 0 Å². The highest BCUT2D eigenvalue weighted by molar-refractivity contribution is 5.24. The van der Waals surface area contributed by atoms with E-state index in [1.54, 1.807) is 0 Å². The Morgan fingerprint density at radius 2 is 1.57 bits per heavy atom. The van der Waals surface area contributed by atoms with Crippen LogP contribution in [0.3, 0.4) is 0 Å². The van der Waals surface area contributed by atoms with Crippen molar-refractivity contribution >= 4 is 0 Å². The Morgan fingerprint density at radius 3 is 2.19 bits per heavy atom. The predicted octanol–water partition coefficient (Wildman–Crippen LogP) is 4.87. The molecule has 2 aromatic rings. The predicted molar refractivity (Wildman–Crippen MR) is 91.4 cm³/mol. The van der Waals surface area contributed by atoms with Crippen molar-refractivity contribution in [2.75, 3.05) is 13.6 Å². The Bertz CT molecular complexity index is 530. The van der Waals surface area contributed by atoms with Crippen molar-refractivity contribution in [1.29, 1.82) is 0 Å². The van der Waals surface area contributed by atoms with Gasteiger partial charge in [-0.25, -0.2) is 0 Å². The van der Waals surface area contributed by atoms with E-state index in [-0.39, 0.29) is 0 Å². The Balaban J connectivity index is 2.07. The fraction of sp³-hybridized carbons (Fsp3) is 0.300. The van der Waals surface area contributed by atoms with Gasteiger partial charge in [-0.2, -0.15) is 0 Å². The highest BCUT2D eigenvalue weighted by Gasteiger charge is 2.08. The number of benzene rings is 2. The second kappa shape index (κ2) is 8.31. The SMILES string of the molecule is CCN(C)/C=C\C(CCc1ccccc1)c1ccccc1. The summed E-state index contributed by atoms with van der Waals surface area (Å²) in [6.07, 6.45) is 6.80. The molecule has 0 aliphatic heterocycles. The Hall–Kier alpha value is -2.02. The van der Waals surface area contributed by atoms with E-state index in [0.29, 0.717) is 5.92 Å². The van der Waals surface area contributed by atoms with Gasteiger partial charge in [0.15, 0.2) is 0 Å². The zero-order valence-corrected chi connectivity index (χ0v) is 13.1. The van der Waals surface area contributed by atoms with Gasteiger partial charge in [-0.15, -0.1) is 0 Å². The molecule has 0 spiro atoms. The fourth-order valence-electron chi connectivity index (χ4n) is 2.40. The van der Waals surface area contributed by atoms with Crippen molar-refractivity contribution in [1.82, 2.24) is 4.90 Å². The molecular weight excluding hydrogens is 254 g/mol. The van der Waals surface area contributed by atoms with Gasteiger partial charge in [-0.1, -0.05) is 66.7 Å². The summed E-state index contributed by atoms with van der Waals surface area (Å²) in [6, 6.07) is 21.5. The molecule has 1 atom stereocenters. The number of rotatable bonds is 7. The lowest BCUT2D eigenvalue weighted by molar-refractivity contribution is 0.480. The molecule has 1 heteroatoms. The van der Waals surface area contributed by atoms with Crippen LogP contribution in [0.1, 0.15) is 30.4 Å². The summed E-state index contributed by atoms with van der Waals surface area (Å²) in [5.41, 5.74) is 2.81. The second-order valence-corrected chi connectivity index (χ2v) is 5.46. The van der Waals surface area contributed by atoms with Crippen LogP contribution in [-0.2, 0) is 6.42 Å². The van der Waals surface area contributed by atoms with E-state index in [9.17, 15) is 0 Å². The van der Waals surface area contributed by atoms with E-state index in [1.807, 2.05) is 0 Å². The minimum atomic E-state index is 0.473. The number of nitrogens with zero attached hydrogens (tertiary/aromatic N) is 1. The molecule has 0 N–H and O–H groups in total. The van der Waals surface area contributed by atoms with Crippen LogP contribution in [0.25, 0.3) is 0 Å². The largest absolute Gasteiger partial charge is 0.381 e. The van der Waals surface area contributed by atoms with Crippen molar-refractivity contribution < 1.29 is 0 Å². The molecule has 0 radical (unpaired) electrons. The summed E-state index contributed by atoms with van der Waals surface area (Å²) in [7, 11) is 2.12. The average molecular weight is 279 g/mol. The van der Waals surface area contributed by atoms with Crippen molar-refractivity contribution in [2.24, 2.45) is 0 Å². The third-order valence-electron chi connectivity index (χ3n) is 3.89. The monoisotopic (exact) mass is 279 g/mol. The molecule has 2 rings (SSSR count). The minimum absolute atomic E-state index is 0.473. The van der Waals surface area contributed by atoms with Gasteiger partial charge in [-0.05, 0) is 37.1 Å². The molecule has 1 nitrogen and oxygen atoms in total. The van der Waals surface area contributed by atoms with Gasteiger partial charge in [0.05, 0.1) is 0 Å². The fourth-order valence-corrected chi connectivity index (χ4v) is 2.40. The molecule has 0 bridgehead atoms. The van der Waals surface area contributed by atoms with Crippen LogP contribution < -0.4 is 0 Å². The van der Waals surface area contributed by atoms with Gasteiger partial charge in [-0.3, -0.25) is 0 Å². The van der Waals surface area contributed by atoms with Crippen LogP contribution in [-0.4, -0.2) is 18.5 Å². The molecule has 0 saturated heterocycles. The Kier molecular flexibility index (Phi) is 6.08. The van der Waals surface area contributed by atoms with E-state index in [1.165, 1.54) is 11.1 Å². The molecule has 0 heterocycles. The summed E-state index contributed by atoms with van der Waals surface area (Å²) < 4.78 is 0. The lowest BCUT2D eigenvalue weighted by Crippen LogP contribution is -2.09. The number of allylic oxidation sites excluding steroid dienone is 1. The molecule has 110 valence electrons. The van der Waals surface area contributed by atoms with Gasteiger partial charge >= 0.3 is 0 Å². The third kappa shape index (κ3) is 5.11. The van der Waals surface area contributed by atoms with Crippen LogP contribution in [0.2, 0.25) is 0 Å². The first-order valence-corrected chi connectivity index (χ1v) is 7.77. The number of hydrogen-bond acceptors (Lipinski definition) is 1. The van der Waals surface area contributed by atoms with Gasteiger partial charge < -0.3 is 4.90 Å². The van der Waals surface area contributed by atoms with Gasteiger partial charge in [0.1, 0.15) is 0 Å². The minimum Gasteiger partial charge on any atom is -0.381 e. The molecule has 0 saturated carbocycles. The van der Waals surface area contributed by atoms with E-state index in [0.717, 1.165) is 19.4 Å². The standard InChI is InChI=1S/C20H25N/c1-3-21(2)17-16-20(19-12-8-5-9-13-19)15-14-18-10-6-4-7-11-18/h4-13,16-17,20H,3,14-15H2,1-2H3/b17-16-. The lowest BCUT2D eigenvalue weighted by atomic mass is 9.92. The zero-order chi connectivity index (χ0) is 14.9. The summed E-state index contributed by atoms with van der Waals surface area (Å²) >= 11 is 0. The molecule has 0 amide bonds. The van der Waals surface area contributed by atoms with Gasteiger partial charge in [0.25, 0.3) is 0 Å². The third-order valence-corrected chi connectivity index (χ3v) is 3.89. The average Bonchev–Trinajstić information content (AvgIpc) is 2.56. The summed E-state index contributed by atoms with van der Waals surface area (Å²) in [4.78, 5) is 2.22. The van der Waals surface area contributed by atoms with E-state index in [4.69, 9.17) is 0 Å². The molecular formula is C20H25N. The number of hydrogen-bond donors (Lipinski definition) is 0. The second-order valence-electron chi connectivity index (χ2n) is 5.46. The molecule has 21 heavy (non-hydrogen) atoms. The molecule has 0 aromatic heterocycles. The van der Waals surface area contributed by atoms with Crippen LogP contribution in [0.15, 0.2) is 72.9 Å². The quantitative estimate of drug-likeness (QED) is 0.699. The first-order chi connectivity index (χ1) is 10.3. The van der Waals surface area contributed by atoms with Crippen LogP contribution in [0, 0.1) is 0 Å². The Morgan fingerprint density at radius 1 is 0.952 bits per heavy atom. The summed E-state index contributed by atoms with van der Waals surface area (Å²) in [5, 5.41) is 0. The topological polar surface area (TPSA) is 3.24 Å². The molecule has 0 aliphatic carbocycles. The zero-order valence-electron chi connectivity index (χ0n) is 13.1. The molecule has 0 aliphatic rings. The van der Waals surface area contributed by atoms with Gasteiger partial charge in [0.2, 0.25) is 0 Å². The number of aryl methyl sites for hydroxylation is 1. The van der Waals surface area contributed by atoms with E-state index >= 15 is 0 Å². The Labute approximate surface area is 128 Å². The molecule has 2 aromatic carbocycles.